The molecule has 0 aliphatic rings. The maximum atomic E-state index is 10.8. The van der Waals surface area contributed by atoms with Gasteiger partial charge in [0.2, 0.25) is 0 Å². The topological polar surface area (TPSA) is 55.6 Å². The molecule has 0 aliphatic carbocycles. The van der Waals surface area contributed by atoms with Gasteiger partial charge in [-0.2, -0.15) is 0 Å². The summed E-state index contributed by atoms with van der Waals surface area (Å²) in [4.78, 5) is 12.7. The van der Waals surface area contributed by atoms with Gasteiger partial charge >= 0.3 is 5.97 Å². The van der Waals surface area contributed by atoms with Crippen LogP contribution in [0.1, 0.15) is 6.92 Å². The summed E-state index contributed by atoms with van der Waals surface area (Å²) in [7, 11) is 3.76. The minimum atomic E-state index is -0.378. The van der Waals surface area contributed by atoms with Crippen molar-refractivity contribution in [3.05, 3.63) is 11.8 Å². The molecule has 0 rings (SSSR count). The summed E-state index contributed by atoms with van der Waals surface area (Å²) in [6, 6.07) is 0. The Labute approximate surface area is 73.0 Å². The van der Waals surface area contributed by atoms with Crippen LogP contribution in [0.5, 0.6) is 0 Å². The molecule has 0 bridgehead atoms. The number of hydrogen-bond donors (Lipinski definition) is 1. The molecule has 4 nitrogen and oxygen atoms in total. The molecule has 0 aromatic heterocycles. The zero-order chi connectivity index (χ0) is 9.56. The average Bonchev–Trinajstić information content (AvgIpc) is 1.84. The van der Waals surface area contributed by atoms with Crippen molar-refractivity contribution in [1.29, 1.82) is 0 Å². The Morgan fingerprint density at radius 3 is 2.58 bits per heavy atom. The van der Waals surface area contributed by atoms with E-state index in [1.165, 1.54) is 6.08 Å². The Bertz CT molecular complexity index is 176. The molecule has 0 amide bonds. The van der Waals surface area contributed by atoms with Crippen LogP contribution in [0.25, 0.3) is 0 Å². The summed E-state index contributed by atoms with van der Waals surface area (Å²) in [5.74, 6) is -0.378. The molecular formula is C8H16N2O2. The molecule has 0 atom stereocenters. The Morgan fingerprint density at radius 1 is 1.58 bits per heavy atom. The second-order valence-corrected chi connectivity index (χ2v) is 2.71. The second-order valence-electron chi connectivity index (χ2n) is 2.71. The summed E-state index contributed by atoms with van der Waals surface area (Å²) in [6.45, 7) is 2.71. The summed E-state index contributed by atoms with van der Waals surface area (Å²) in [5.41, 5.74) is 6.04. The quantitative estimate of drug-likeness (QED) is 0.477. The molecule has 0 aliphatic heterocycles. The molecule has 0 saturated heterocycles. The number of carbonyl (C=O) groups excluding carboxylic acids is 1. The van der Waals surface area contributed by atoms with Gasteiger partial charge in [-0.1, -0.05) is 0 Å². The first-order chi connectivity index (χ1) is 5.56. The lowest BCUT2D eigenvalue weighted by Gasteiger charge is -2.08. The zero-order valence-corrected chi connectivity index (χ0v) is 7.83. The van der Waals surface area contributed by atoms with Gasteiger partial charge in [-0.05, 0) is 21.0 Å². The van der Waals surface area contributed by atoms with Crippen LogP contribution in [-0.4, -0.2) is 38.1 Å². The summed E-state index contributed by atoms with van der Waals surface area (Å²) in [5, 5.41) is 0. The van der Waals surface area contributed by atoms with Gasteiger partial charge in [0.1, 0.15) is 0 Å². The van der Waals surface area contributed by atoms with Crippen molar-refractivity contribution in [3.8, 4) is 0 Å². The van der Waals surface area contributed by atoms with Crippen molar-refractivity contribution in [2.45, 2.75) is 6.92 Å². The molecule has 0 heterocycles. The lowest BCUT2D eigenvalue weighted by atomic mass is 10.4. The van der Waals surface area contributed by atoms with Crippen LogP contribution < -0.4 is 5.73 Å². The van der Waals surface area contributed by atoms with Crippen molar-refractivity contribution >= 4 is 5.97 Å². The molecule has 70 valence electrons. The molecule has 2 N–H and O–H groups in total. The SMILES string of the molecule is CCOC(=O)/C=C(\N)CN(C)C. The Morgan fingerprint density at radius 2 is 2.17 bits per heavy atom. The third kappa shape index (κ3) is 5.73. The van der Waals surface area contributed by atoms with Crippen molar-refractivity contribution in [2.24, 2.45) is 5.73 Å². The average molecular weight is 172 g/mol. The fourth-order valence-electron chi connectivity index (χ4n) is 0.746. The van der Waals surface area contributed by atoms with Gasteiger partial charge < -0.3 is 15.4 Å². The number of carbonyl (C=O) groups is 1. The second kappa shape index (κ2) is 5.60. The minimum Gasteiger partial charge on any atom is -0.463 e. The van der Waals surface area contributed by atoms with E-state index in [-0.39, 0.29) is 5.97 Å². The van der Waals surface area contributed by atoms with Crippen molar-refractivity contribution in [2.75, 3.05) is 27.2 Å². The number of rotatable bonds is 4. The van der Waals surface area contributed by atoms with Gasteiger partial charge in [0.25, 0.3) is 0 Å². The molecule has 0 saturated carbocycles. The van der Waals surface area contributed by atoms with E-state index in [4.69, 9.17) is 5.73 Å². The molecule has 4 heteroatoms. The molecular weight excluding hydrogens is 156 g/mol. The maximum absolute atomic E-state index is 10.8. The van der Waals surface area contributed by atoms with Crippen LogP contribution in [0.4, 0.5) is 0 Å². The van der Waals surface area contributed by atoms with Gasteiger partial charge in [-0.15, -0.1) is 0 Å². The third-order valence-corrected chi connectivity index (χ3v) is 1.09. The van der Waals surface area contributed by atoms with Gasteiger partial charge in [0, 0.05) is 18.3 Å². The Hall–Kier alpha value is -1.03. The van der Waals surface area contributed by atoms with Gasteiger partial charge in [0.05, 0.1) is 6.61 Å². The monoisotopic (exact) mass is 172 g/mol. The number of likely N-dealkylation sites (N-methyl/N-ethyl adjacent to an activating group) is 1. The number of ether oxygens (including phenoxy) is 1. The zero-order valence-electron chi connectivity index (χ0n) is 7.83. The van der Waals surface area contributed by atoms with Gasteiger partial charge in [0.15, 0.2) is 0 Å². The number of esters is 1. The molecule has 0 aromatic rings. The number of nitrogens with two attached hydrogens (primary N) is 1. The van der Waals surface area contributed by atoms with Crippen LogP contribution in [-0.2, 0) is 9.53 Å². The van der Waals surface area contributed by atoms with Crippen LogP contribution >= 0.6 is 0 Å². The lowest BCUT2D eigenvalue weighted by Crippen LogP contribution is -2.20. The predicted molar refractivity (Wildman–Crippen MR) is 47.5 cm³/mol. The van der Waals surface area contributed by atoms with Crippen LogP contribution in [0, 0.1) is 0 Å². The van der Waals surface area contributed by atoms with Crippen LogP contribution in [0.15, 0.2) is 11.8 Å². The highest BCUT2D eigenvalue weighted by molar-refractivity contribution is 5.82. The lowest BCUT2D eigenvalue weighted by molar-refractivity contribution is -0.137. The highest BCUT2D eigenvalue weighted by Gasteiger charge is 1.99. The molecule has 12 heavy (non-hydrogen) atoms. The van der Waals surface area contributed by atoms with Crippen molar-refractivity contribution < 1.29 is 9.53 Å². The summed E-state index contributed by atoms with van der Waals surface area (Å²) in [6.07, 6.45) is 1.31. The Balaban J connectivity index is 3.89. The smallest absolute Gasteiger partial charge is 0.332 e. The van der Waals surface area contributed by atoms with E-state index in [2.05, 4.69) is 4.74 Å². The maximum Gasteiger partial charge on any atom is 0.332 e. The minimum absolute atomic E-state index is 0.378. The summed E-state index contributed by atoms with van der Waals surface area (Å²) >= 11 is 0. The van der Waals surface area contributed by atoms with E-state index >= 15 is 0 Å². The van der Waals surface area contributed by atoms with Crippen molar-refractivity contribution in [3.63, 3.8) is 0 Å². The number of nitrogens with zero attached hydrogens (tertiary/aromatic N) is 1. The molecule has 0 unspecified atom stereocenters. The van der Waals surface area contributed by atoms with E-state index in [9.17, 15) is 4.79 Å². The highest BCUT2D eigenvalue weighted by atomic mass is 16.5. The van der Waals surface area contributed by atoms with E-state index in [1.807, 2.05) is 19.0 Å². The van der Waals surface area contributed by atoms with Crippen LogP contribution in [0.3, 0.4) is 0 Å². The first kappa shape index (κ1) is 11.0. The fourth-order valence-corrected chi connectivity index (χ4v) is 0.746. The Kier molecular flexibility index (Phi) is 5.12. The first-order valence-corrected chi connectivity index (χ1v) is 3.83. The van der Waals surface area contributed by atoms with Gasteiger partial charge in [-0.3, -0.25) is 0 Å². The largest absolute Gasteiger partial charge is 0.463 e. The van der Waals surface area contributed by atoms with Crippen LogP contribution in [0.2, 0.25) is 0 Å². The summed E-state index contributed by atoms with van der Waals surface area (Å²) < 4.78 is 4.68. The molecule has 0 spiro atoms. The van der Waals surface area contributed by atoms with E-state index in [1.54, 1.807) is 6.92 Å². The molecule has 0 radical (unpaired) electrons. The van der Waals surface area contributed by atoms with E-state index in [0.29, 0.717) is 18.8 Å². The molecule has 0 aromatic carbocycles. The van der Waals surface area contributed by atoms with E-state index < -0.39 is 0 Å². The fraction of sp³-hybridized carbons (Fsp3) is 0.625. The molecule has 0 fully saturated rings. The normalized spacial score (nSPS) is 11.8. The highest BCUT2D eigenvalue weighted by Crippen LogP contribution is 1.89. The van der Waals surface area contributed by atoms with Gasteiger partial charge in [-0.25, -0.2) is 4.79 Å². The third-order valence-electron chi connectivity index (χ3n) is 1.09. The van der Waals surface area contributed by atoms with E-state index in [0.717, 1.165) is 0 Å². The van der Waals surface area contributed by atoms with Crippen molar-refractivity contribution in [1.82, 2.24) is 4.90 Å². The predicted octanol–water partition coefficient (Wildman–Crippen LogP) is -0.0463. The first-order valence-electron chi connectivity index (χ1n) is 3.83. The number of hydrogen-bond acceptors (Lipinski definition) is 4. The standard InChI is InChI=1S/C8H16N2O2/c1-4-12-8(11)5-7(9)6-10(2)3/h5H,4,6,9H2,1-3H3/b7-5-.